The molecule has 2 nitrogen and oxygen atoms in total. The van der Waals surface area contributed by atoms with E-state index in [-0.39, 0.29) is 9.63 Å². The second-order valence-corrected chi connectivity index (χ2v) is 14.4. The normalized spacial score (nSPS) is 42.9. The van der Waals surface area contributed by atoms with Crippen molar-refractivity contribution in [2.75, 3.05) is 0 Å². The quantitative estimate of drug-likeness (QED) is 0.226. The van der Waals surface area contributed by atoms with Crippen molar-refractivity contribution >= 4 is 29.3 Å². The van der Waals surface area contributed by atoms with Crippen molar-refractivity contribution in [2.45, 2.75) is 111 Å². The van der Waals surface area contributed by atoms with Gasteiger partial charge in [0, 0.05) is 0 Å². The van der Waals surface area contributed by atoms with E-state index < -0.39 is 0 Å². The molecule has 3 fully saturated rings. The molecule has 0 bridgehead atoms. The SMILES string of the molecule is CC(C)CCC[C@@H](C)[C@H]1CCC2[C@@H]3CC=C4C[C@@H](O[C](=O)[Tl])CC[C@]4(C)[C@H]3CC[C@@]21C. The van der Waals surface area contributed by atoms with Crippen LogP contribution in [-0.2, 0) is 4.74 Å². The van der Waals surface area contributed by atoms with E-state index >= 15 is 0 Å². The van der Waals surface area contributed by atoms with Gasteiger partial charge in [-0.3, -0.25) is 0 Å². The third-order valence-electron chi connectivity index (χ3n) is 10.5. The number of carbonyl (C=O) groups is 1. The third-order valence-corrected chi connectivity index (χ3v) is 11.1. The van der Waals surface area contributed by atoms with Crippen molar-refractivity contribution in [1.29, 1.82) is 0 Å². The number of allylic oxidation sites excluding steroid dienone is 1. The Kier molecular flexibility index (Phi) is 7.36. The van der Waals surface area contributed by atoms with Gasteiger partial charge in [0.15, 0.2) is 0 Å². The maximum absolute atomic E-state index is 11.6. The van der Waals surface area contributed by atoms with E-state index in [1.165, 1.54) is 57.8 Å². The standard InChI is InChI=1S/C28H45O2.Tl/c1-19(2)7-6-8-20(3)24-11-12-25-23-10-9-21-17-22(30-18-29)13-15-27(21,4)26(23)14-16-28(24,25)5;/h9,19-20,22-26H,6-8,10-17H2,1-5H3;/t20-,22+,23+,24-,25?,26+,27+,28-;/m1./s1. The van der Waals surface area contributed by atoms with Crippen LogP contribution in [0, 0.1) is 46.3 Å². The summed E-state index contributed by atoms with van der Waals surface area (Å²) >= 11 is 0.308. The number of ether oxygens (including phenoxy) is 1. The third kappa shape index (κ3) is 4.58. The minimum atomic E-state index is 0.0517. The molecule has 0 spiro atoms. The van der Waals surface area contributed by atoms with Gasteiger partial charge in [0.05, 0.1) is 0 Å². The number of hydrogen-bond acceptors (Lipinski definition) is 2. The molecular weight excluding hydrogens is 573 g/mol. The van der Waals surface area contributed by atoms with E-state index in [1.807, 2.05) is 0 Å². The molecule has 0 radical (unpaired) electrons. The maximum atomic E-state index is 11.6. The van der Waals surface area contributed by atoms with E-state index in [2.05, 4.69) is 40.7 Å². The molecule has 0 aliphatic heterocycles. The van der Waals surface area contributed by atoms with E-state index in [0.29, 0.717) is 36.6 Å². The Morgan fingerprint density at radius 2 is 1.87 bits per heavy atom. The number of hydrogen-bond donors (Lipinski definition) is 0. The number of carbonyl (C=O) groups excluding carboxylic acids is 1. The molecule has 0 N–H and O–H groups in total. The van der Waals surface area contributed by atoms with Crippen molar-refractivity contribution in [2.24, 2.45) is 46.3 Å². The van der Waals surface area contributed by atoms with Crippen LogP contribution in [0.5, 0.6) is 0 Å². The first-order valence-corrected chi connectivity index (χ1v) is 15.5. The molecule has 0 amide bonds. The van der Waals surface area contributed by atoms with Gasteiger partial charge in [-0.2, -0.15) is 0 Å². The Hall–Kier alpha value is 0.132. The average molecular weight is 618 g/mol. The zero-order chi connectivity index (χ0) is 22.4. The van der Waals surface area contributed by atoms with Crippen LogP contribution >= 0.6 is 0 Å². The number of rotatable bonds is 6. The molecule has 4 aliphatic rings. The van der Waals surface area contributed by atoms with Crippen LogP contribution in [0.4, 0.5) is 4.79 Å². The molecular formula is C28H45O2Tl. The van der Waals surface area contributed by atoms with Gasteiger partial charge in [-0.1, -0.05) is 40.0 Å². The summed E-state index contributed by atoms with van der Waals surface area (Å²) < 4.78 is 5.74. The first kappa shape index (κ1) is 24.3. The molecule has 0 aromatic heterocycles. The second-order valence-electron chi connectivity index (χ2n) is 12.6. The summed E-state index contributed by atoms with van der Waals surface area (Å²) in [4.78, 5) is 11.6. The monoisotopic (exact) mass is 618 g/mol. The zero-order valence-electron chi connectivity index (χ0n) is 20.8. The van der Waals surface area contributed by atoms with Gasteiger partial charge < -0.3 is 0 Å². The first-order chi connectivity index (χ1) is 14.6. The van der Waals surface area contributed by atoms with Gasteiger partial charge in [0.2, 0.25) is 0 Å². The summed E-state index contributed by atoms with van der Waals surface area (Å²) in [5.41, 5.74) is 2.57. The molecule has 0 heterocycles. The van der Waals surface area contributed by atoms with E-state index in [4.69, 9.17) is 4.74 Å². The molecule has 0 saturated heterocycles. The Morgan fingerprint density at radius 3 is 2.58 bits per heavy atom. The van der Waals surface area contributed by atoms with Crippen LogP contribution in [0.1, 0.15) is 105 Å². The van der Waals surface area contributed by atoms with Crippen molar-refractivity contribution in [3.63, 3.8) is 0 Å². The van der Waals surface area contributed by atoms with Crippen LogP contribution in [0.2, 0.25) is 0 Å². The fraction of sp³-hybridized carbons (Fsp3) is 0.893. The summed E-state index contributed by atoms with van der Waals surface area (Å²) in [5, 5.41) is 0. The second kappa shape index (κ2) is 9.41. The molecule has 3 saturated carbocycles. The fourth-order valence-corrected chi connectivity index (χ4v) is 9.67. The molecule has 3 heteroatoms. The molecule has 172 valence electrons. The van der Waals surface area contributed by atoms with E-state index in [0.717, 1.165) is 48.3 Å². The Labute approximate surface area is 207 Å². The van der Waals surface area contributed by atoms with Crippen LogP contribution < -0.4 is 0 Å². The minimum absolute atomic E-state index is 0.0517. The summed E-state index contributed by atoms with van der Waals surface area (Å²) in [6.07, 6.45) is 17.4. The molecule has 4 rings (SSSR count). The van der Waals surface area contributed by atoms with Crippen LogP contribution in [-0.4, -0.2) is 35.4 Å². The van der Waals surface area contributed by atoms with Gasteiger partial charge >= 0.3 is 162 Å². The molecule has 4 aliphatic carbocycles. The molecule has 0 aromatic rings. The van der Waals surface area contributed by atoms with Crippen molar-refractivity contribution in [1.82, 2.24) is 0 Å². The first-order valence-electron chi connectivity index (χ1n) is 13.3. The van der Waals surface area contributed by atoms with Gasteiger partial charge in [0.1, 0.15) is 0 Å². The van der Waals surface area contributed by atoms with Crippen LogP contribution in [0.3, 0.4) is 0 Å². The molecule has 0 aromatic carbocycles. The van der Waals surface area contributed by atoms with Crippen LogP contribution in [0.15, 0.2) is 11.6 Å². The molecule has 8 atom stereocenters. The van der Waals surface area contributed by atoms with E-state index in [1.54, 1.807) is 5.57 Å². The predicted molar refractivity (Wildman–Crippen MR) is 129 cm³/mol. The molecule has 31 heavy (non-hydrogen) atoms. The molecule has 1 unspecified atom stereocenters. The summed E-state index contributed by atoms with van der Waals surface area (Å²) in [5.74, 6) is 5.34. The topological polar surface area (TPSA) is 26.3 Å². The van der Waals surface area contributed by atoms with Crippen LogP contribution in [0.25, 0.3) is 0 Å². The van der Waals surface area contributed by atoms with E-state index in [9.17, 15) is 4.79 Å². The Morgan fingerprint density at radius 1 is 1.10 bits per heavy atom. The van der Waals surface area contributed by atoms with Crippen molar-refractivity contribution < 1.29 is 9.53 Å². The zero-order valence-corrected chi connectivity index (χ0v) is 25.3. The predicted octanol–water partition coefficient (Wildman–Crippen LogP) is 7.70. The Bertz CT molecular complexity index is 699. The average Bonchev–Trinajstić information content (AvgIpc) is 3.05. The van der Waals surface area contributed by atoms with Gasteiger partial charge in [-0.25, -0.2) is 0 Å². The summed E-state index contributed by atoms with van der Waals surface area (Å²) in [7, 11) is 0. The van der Waals surface area contributed by atoms with Gasteiger partial charge in [0.25, 0.3) is 0 Å². The van der Waals surface area contributed by atoms with Crippen molar-refractivity contribution in [3.05, 3.63) is 11.6 Å². The Balaban J connectivity index is 1.47. The van der Waals surface area contributed by atoms with Crippen molar-refractivity contribution in [3.8, 4) is 0 Å². The summed E-state index contributed by atoms with van der Waals surface area (Å²) in [6, 6.07) is 0. The van der Waals surface area contributed by atoms with Gasteiger partial charge in [-0.15, -0.1) is 0 Å². The van der Waals surface area contributed by atoms with Gasteiger partial charge in [-0.05, 0) is 5.92 Å². The fourth-order valence-electron chi connectivity index (χ4n) is 8.92. The summed E-state index contributed by atoms with van der Waals surface area (Å²) in [6.45, 7) is 12.6. The number of fused-ring (bicyclic) bond motifs is 5.